The first-order valence-corrected chi connectivity index (χ1v) is 32.0. The van der Waals surface area contributed by atoms with Crippen LogP contribution in [0.4, 0.5) is 0 Å². The van der Waals surface area contributed by atoms with Crippen molar-refractivity contribution in [1.29, 1.82) is 0 Å². The normalized spacial score (nSPS) is 10.6. The maximum absolute atomic E-state index is 13.3. The van der Waals surface area contributed by atoms with Crippen molar-refractivity contribution >= 4 is 108 Å². The second-order valence-corrected chi connectivity index (χ2v) is 23.3. The molecule has 0 N–H and O–H groups in total. The predicted octanol–water partition coefficient (Wildman–Crippen LogP) is 10.3. The van der Waals surface area contributed by atoms with E-state index in [1.54, 1.807) is 45.5 Å². The fourth-order valence-corrected chi connectivity index (χ4v) is 13.5. The zero-order chi connectivity index (χ0) is 63.0. The monoisotopic (exact) mass is 1230 g/mol. The molecule has 0 heterocycles. The summed E-state index contributed by atoms with van der Waals surface area (Å²) in [6, 6.07) is 62.4. The molecule has 6 aromatic carbocycles. The van der Waals surface area contributed by atoms with Crippen molar-refractivity contribution < 1.29 is 24.0 Å². The van der Waals surface area contributed by atoms with Gasteiger partial charge in [0.2, 0.25) is 0 Å². The van der Waals surface area contributed by atoms with Crippen LogP contribution in [0.1, 0.15) is 39.8 Å². The zero-order valence-electron chi connectivity index (χ0n) is 49.3. The van der Waals surface area contributed by atoms with Crippen molar-refractivity contribution in [3.8, 4) is 0 Å². The van der Waals surface area contributed by atoms with Gasteiger partial charge in [-0.2, -0.15) is 0 Å². The summed E-state index contributed by atoms with van der Waals surface area (Å²) in [5.41, 5.74) is 6.92. The second-order valence-electron chi connectivity index (χ2n) is 19.0. The molecule has 0 fully saturated rings. The van der Waals surface area contributed by atoms with Gasteiger partial charge in [-0.1, -0.05) is 0 Å². The molecule has 5 amide bonds. The van der Waals surface area contributed by atoms with Crippen LogP contribution in [-0.2, 0) is 33.5 Å². The van der Waals surface area contributed by atoms with E-state index in [0.717, 1.165) is 27.7 Å². The first-order valence-electron chi connectivity index (χ1n) is 28.2. The Morgan fingerprint density at radius 1 is 0.425 bits per heavy atom. The van der Waals surface area contributed by atoms with Gasteiger partial charge < -0.3 is 0 Å². The standard InChI is InChI=1S/C33H38B2N4O2S2.C26H24BN2O2S.C7H12BN2OS/c1-2-20-38(32(41)27-37-35)22-25-42-24-18-31(40)39(21-19-36-34)23-26-43-33(28-12-6-3-7-13-28,29-14-8-4-9-15-29)30-16-10-5-11-17-30;1-2-24(30)29(25(31)20-28-27)18-19-32-26(21-12-6-3-7-13-21,22-14-8-4-9-15-22)23-16-10-5-11-17-23;1-2-3-10(4-5-12)7(11)6-9-8/h2-17H,1,18-27H2;2-17H,1,18-20H2;2,12H,1,3-6H2. The quantitative estimate of drug-likeness (QED) is 0.0102. The number of hydrogen-bond donors (Lipinski definition) is 1. The summed E-state index contributed by atoms with van der Waals surface area (Å²) in [5.74, 6) is 2.17. The van der Waals surface area contributed by atoms with Crippen molar-refractivity contribution in [2.24, 2.45) is 19.6 Å². The Morgan fingerprint density at radius 3 is 1.10 bits per heavy atom. The minimum atomic E-state index is -0.520. The van der Waals surface area contributed by atoms with Crippen molar-refractivity contribution in [2.45, 2.75) is 15.9 Å². The summed E-state index contributed by atoms with van der Waals surface area (Å²) >= 11 is 9.18. The van der Waals surface area contributed by atoms with Crippen molar-refractivity contribution in [3.05, 3.63) is 253 Å². The number of rotatable bonds is 36. The third-order valence-electron chi connectivity index (χ3n) is 13.4. The Hall–Kier alpha value is -7.05. The van der Waals surface area contributed by atoms with Crippen LogP contribution in [0, 0.1) is 0 Å². The summed E-state index contributed by atoms with van der Waals surface area (Å²) in [4.78, 5) is 81.5. The number of hydrogen-bond acceptors (Lipinski definition) is 13. The van der Waals surface area contributed by atoms with Crippen molar-refractivity contribution in [1.82, 2.24) is 19.6 Å². The molecule has 0 atom stereocenters. The summed E-state index contributed by atoms with van der Waals surface area (Å²) in [6.45, 7) is 14.3. The Labute approximate surface area is 537 Å². The van der Waals surface area contributed by atoms with Crippen LogP contribution in [0.25, 0.3) is 0 Å². The molecule has 0 spiro atoms. The second kappa shape index (κ2) is 41.9. The van der Waals surface area contributed by atoms with Crippen LogP contribution < -0.4 is 0 Å². The Kier molecular flexibility index (Phi) is 34.9. The molecule has 0 aliphatic rings. The van der Waals surface area contributed by atoms with E-state index in [1.165, 1.54) is 16.7 Å². The van der Waals surface area contributed by atoms with Gasteiger partial charge in [-0.05, 0) is 0 Å². The minimum absolute atomic E-state index is 0.0294. The summed E-state index contributed by atoms with van der Waals surface area (Å²) < 4.78 is -0.966. The van der Waals surface area contributed by atoms with Gasteiger partial charge in [0.15, 0.2) is 0 Å². The molecule has 0 bridgehead atoms. The average Bonchev–Trinajstić information content (AvgIpc) is 0.912. The van der Waals surface area contributed by atoms with Crippen LogP contribution >= 0.6 is 47.9 Å². The SMILES string of the molecule is [B]=NCC(=O)N(CC=C)CCS.[B]=NCC(=O)N(CCSC(c1ccccc1)(c1ccccc1)c1ccccc1)C(=O)C=C.[B]=NCCN(CCSC(c1ccccc1)(c1ccccc1)c1ccccc1)C(=O)CCSCCN(CC=C)C(=O)CN=[B]. The number of nitrogens with zero attached hydrogens (tertiary/aromatic N) is 8. The molecule has 0 saturated heterocycles. The van der Waals surface area contributed by atoms with E-state index in [1.807, 2.05) is 89.5 Å². The number of carbonyl (C=O) groups is 5. The van der Waals surface area contributed by atoms with Crippen LogP contribution in [0.3, 0.4) is 0 Å². The van der Waals surface area contributed by atoms with Gasteiger partial charge in [-0.25, -0.2) is 0 Å². The molecule has 0 aliphatic carbocycles. The molecule has 0 aliphatic heterocycles. The molecule has 4 radical (unpaired) electrons. The van der Waals surface area contributed by atoms with Gasteiger partial charge in [0.05, 0.1) is 0 Å². The fraction of sp³-hybridized carbons (Fsp3) is 0.288. The predicted molar refractivity (Wildman–Crippen MR) is 368 cm³/mol. The van der Waals surface area contributed by atoms with Crippen LogP contribution in [0.5, 0.6) is 0 Å². The number of amides is 5. The topological polar surface area (TPSA) is 148 Å². The molecule has 444 valence electrons. The molecular formula is C66H74B4N8O5S4. The number of carbonyl (C=O) groups excluding carboxylic acids is 5. The summed E-state index contributed by atoms with van der Waals surface area (Å²) in [7, 11) is 20.7. The van der Waals surface area contributed by atoms with E-state index < -0.39 is 21.3 Å². The van der Waals surface area contributed by atoms with Crippen LogP contribution in [-0.4, -0.2) is 180 Å². The van der Waals surface area contributed by atoms with E-state index in [2.05, 4.69) is 161 Å². The molecule has 21 heteroatoms. The fourth-order valence-electron chi connectivity index (χ4n) is 9.33. The maximum atomic E-state index is 13.3. The Bertz CT molecular complexity index is 2900. The molecule has 0 saturated carbocycles. The molecular weight excluding hydrogens is 1160 g/mol. The van der Waals surface area contributed by atoms with Gasteiger partial charge in [-0.15, -0.1) is 0 Å². The first kappa shape index (κ1) is 72.4. The first-order chi connectivity index (χ1) is 42.4. The molecule has 6 aromatic rings. The van der Waals surface area contributed by atoms with E-state index in [-0.39, 0.29) is 43.9 Å². The average molecular weight is 1230 g/mol. The Morgan fingerprint density at radius 2 is 0.770 bits per heavy atom. The van der Waals surface area contributed by atoms with Crippen molar-refractivity contribution in [2.75, 3.05) is 101 Å². The van der Waals surface area contributed by atoms with E-state index in [4.69, 9.17) is 30.6 Å². The number of thioether (sulfide) groups is 3. The van der Waals surface area contributed by atoms with Gasteiger partial charge in [0.1, 0.15) is 0 Å². The van der Waals surface area contributed by atoms with Crippen LogP contribution in [0.15, 0.2) is 240 Å². The third kappa shape index (κ3) is 22.9. The molecule has 6 rings (SSSR count). The van der Waals surface area contributed by atoms with Gasteiger partial charge in [0, 0.05) is 0 Å². The van der Waals surface area contributed by atoms with Gasteiger partial charge in [0.25, 0.3) is 0 Å². The van der Waals surface area contributed by atoms with Gasteiger partial charge >= 0.3 is 541 Å². The number of benzene rings is 6. The molecule has 0 unspecified atom stereocenters. The summed E-state index contributed by atoms with van der Waals surface area (Å²) in [5, 5.41) is 0. The molecule has 87 heavy (non-hydrogen) atoms. The van der Waals surface area contributed by atoms with E-state index >= 15 is 0 Å². The van der Waals surface area contributed by atoms with Gasteiger partial charge in [-0.3, -0.25) is 0 Å². The Balaban J connectivity index is 0.000000322. The summed E-state index contributed by atoms with van der Waals surface area (Å²) in [6.07, 6.45) is 4.88. The zero-order valence-corrected chi connectivity index (χ0v) is 52.6. The third-order valence-corrected chi connectivity index (χ3v) is 17.6. The number of imide groups is 1. The molecule has 13 nitrogen and oxygen atoms in total. The van der Waals surface area contributed by atoms with E-state index in [0.29, 0.717) is 81.0 Å². The van der Waals surface area contributed by atoms with E-state index in [9.17, 15) is 24.0 Å². The molecule has 0 aromatic heterocycles. The van der Waals surface area contributed by atoms with Crippen molar-refractivity contribution in [3.63, 3.8) is 0 Å². The van der Waals surface area contributed by atoms with Crippen LogP contribution in [0.2, 0.25) is 0 Å². The number of thiol groups is 1.